The Balaban J connectivity index is 2.11. The predicted octanol–water partition coefficient (Wildman–Crippen LogP) is 0.840. The molecule has 0 bridgehead atoms. The average molecular weight is 197 g/mol. The summed E-state index contributed by atoms with van der Waals surface area (Å²) in [7, 11) is 7.75. The van der Waals surface area contributed by atoms with Gasteiger partial charge in [0.1, 0.15) is 7.85 Å². The number of rotatable bonds is 3. The number of aromatic amines is 1. The van der Waals surface area contributed by atoms with E-state index in [0.29, 0.717) is 0 Å². The molecule has 1 N–H and O–H groups in total. The lowest BCUT2D eigenvalue weighted by Gasteiger charge is -2.18. The van der Waals surface area contributed by atoms with Crippen molar-refractivity contribution in [3.8, 4) is 0 Å². The Bertz CT molecular complexity index is 425. The van der Waals surface area contributed by atoms with Crippen molar-refractivity contribution in [2.45, 2.75) is 6.54 Å². The second kappa shape index (κ2) is 4.21. The molecule has 0 atom stereocenters. The zero-order valence-corrected chi connectivity index (χ0v) is 8.64. The number of hydrogen-bond donors (Lipinski definition) is 1. The van der Waals surface area contributed by atoms with Gasteiger partial charge in [-0.25, -0.2) is 4.98 Å². The first kappa shape index (κ1) is 9.83. The van der Waals surface area contributed by atoms with Crippen LogP contribution in [0.2, 0.25) is 0 Å². The Morgan fingerprint density at radius 1 is 1.47 bits per heavy atom. The van der Waals surface area contributed by atoms with Gasteiger partial charge in [-0.2, -0.15) is 0 Å². The molecule has 1 aromatic carbocycles. The van der Waals surface area contributed by atoms with Gasteiger partial charge in [0.15, 0.2) is 0 Å². The minimum Gasteiger partial charge on any atom is -0.369 e. The van der Waals surface area contributed by atoms with Gasteiger partial charge >= 0.3 is 0 Å². The minimum atomic E-state index is 0.781. The highest BCUT2D eigenvalue weighted by Gasteiger charge is 2.02. The van der Waals surface area contributed by atoms with Gasteiger partial charge in [-0.3, -0.25) is 0 Å². The lowest BCUT2D eigenvalue weighted by Crippen LogP contribution is -2.18. The van der Waals surface area contributed by atoms with Gasteiger partial charge in [-0.05, 0) is 12.1 Å². The topological polar surface area (TPSA) is 31.9 Å². The lowest BCUT2D eigenvalue weighted by atomic mass is 9.96. The molecule has 1 aromatic heterocycles. The van der Waals surface area contributed by atoms with Crippen LogP contribution in [0, 0.1) is 0 Å². The number of H-pyrrole nitrogens is 1. The second-order valence-electron chi connectivity index (χ2n) is 3.53. The molecule has 0 unspecified atom stereocenters. The monoisotopic (exact) mass is 197 g/mol. The molecule has 0 spiro atoms. The summed E-state index contributed by atoms with van der Waals surface area (Å²) in [5.74, 6) is 0. The van der Waals surface area contributed by atoms with Crippen molar-refractivity contribution >= 4 is 19.0 Å². The van der Waals surface area contributed by atoms with Gasteiger partial charge in [0.05, 0.1) is 18.6 Å². The van der Waals surface area contributed by atoms with Crippen molar-refractivity contribution in [1.29, 1.82) is 0 Å². The summed E-state index contributed by atoms with van der Waals surface area (Å²) in [6, 6.07) is 7.82. The fourth-order valence-corrected chi connectivity index (χ4v) is 1.48. The highest BCUT2D eigenvalue weighted by Crippen LogP contribution is 2.11. The molecule has 15 heavy (non-hydrogen) atoms. The zero-order valence-electron chi connectivity index (χ0n) is 8.64. The van der Waals surface area contributed by atoms with Crippen LogP contribution in [0.5, 0.6) is 0 Å². The van der Waals surface area contributed by atoms with Crippen molar-refractivity contribution in [1.82, 2.24) is 9.97 Å². The van der Waals surface area contributed by atoms with Crippen molar-refractivity contribution < 1.29 is 0 Å². The Labute approximate surface area is 90.6 Å². The molecule has 0 aliphatic carbocycles. The number of hydrogen-bond acceptors (Lipinski definition) is 2. The van der Waals surface area contributed by atoms with E-state index in [4.69, 9.17) is 7.85 Å². The first-order valence-corrected chi connectivity index (χ1v) is 4.79. The van der Waals surface area contributed by atoms with Gasteiger partial charge in [0.2, 0.25) is 0 Å². The molecule has 2 aromatic rings. The van der Waals surface area contributed by atoms with Gasteiger partial charge in [-0.1, -0.05) is 17.6 Å². The van der Waals surface area contributed by atoms with E-state index >= 15 is 0 Å². The summed E-state index contributed by atoms with van der Waals surface area (Å²) >= 11 is 0. The van der Waals surface area contributed by atoms with Crippen LogP contribution in [0.15, 0.2) is 36.8 Å². The third-order valence-corrected chi connectivity index (χ3v) is 2.27. The van der Waals surface area contributed by atoms with Crippen LogP contribution in [-0.2, 0) is 6.54 Å². The first-order valence-electron chi connectivity index (χ1n) is 4.79. The van der Waals surface area contributed by atoms with Gasteiger partial charge in [-0.15, -0.1) is 0 Å². The van der Waals surface area contributed by atoms with Crippen molar-refractivity contribution in [2.24, 2.45) is 0 Å². The molecule has 0 saturated heterocycles. The predicted molar refractivity (Wildman–Crippen MR) is 62.5 cm³/mol. The Morgan fingerprint density at radius 3 is 3.00 bits per heavy atom. The van der Waals surface area contributed by atoms with Gasteiger partial charge < -0.3 is 9.88 Å². The summed E-state index contributed by atoms with van der Waals surface area (Å²) in [5, 5.41) is 0. The number of nitrogens with one attached hydrogen (secondary N) is 1. The number of benzene rings is 1. The summed E-state index contributed by atoms with van der Waals surface area (Å²) < 4.78 is 0. The Hall–Kier alpha value is -1.71. The van der Waals surface area contributed by atoms with Crippen LogP contribution in [0.25, 0.3) is 0 Å². The fraction of sp³-hybridized carbons (Fsp3) is 0.182. The first-order chi connectivity index (χ1) is 7.25. The van der Waals surface area contributed by atoms with E-state index in [9.17, 15) is 0 Å². The lowest BCUT2D eigenvalue weighted by molar-refractivity contribution is 0.895. The van der Waals surface area contributed by atoms with Crippen LogP contribution in [-0.4, -0.2) is 24.9 Å². The quantitative estimate of drug-likeness (QED) is 0.739. The summed E-state index contributed by atoms with van der Waals surface area (Å²) in [5.41, 5.74) is 2.97. The fourth-order valence-electron chi connectivity index (χ4n) is 1.48. The van der Waals surface area contributed by atoms with E-state index in [1.807, 2.05) is 37.5 Å². The van der Waals surface area contributed by atoms with Crippen LogP contribution in [0.1, 0.15) is 5.69 Å². The van der Waals surface area contributed by atoms with E-state index in [2.05, 4.69) is 14.9 Å². The zero-order chi connectivity index (χ0) is 10.7. The summed E-state index contributed by atoms with van der Waals surface area (Å²) in [6.45, 7) is 0.795. The highest BCUT2D eigenvalue weighted by molar-refractivity contribution is 6.32. The third-order valence-electron chi connectivity index (χ3n) is 2.27. The maximum atomic E-state index is 5.72. The SMILES string of the molecule is [B]c1cccc(N(C)Cc2cnc[nH]2)c1. The third kappa shape index (κ3) is 2.40. The summed E-state index contributed by atoms with van der Waals surface area (Å²) in [4.78, 5) is 9.16. The van der Waals surface area contributed by atoms with Crippen LogP contribution < -0.4 is 10.4 Å². The molecule has 74 valence electrons. The molecular formula is C11H12BN3. The molecule has 0 fully saturated rings. The average Bonchev–Trinajstić information content (AvgIpc) is 2.70. The Morgan fingerprint density at radius 2 is 2.33 bits per heavy atom. The molecule has 1 heterocycles. The molecular weight excluding hydrogens is 185 g/mol. The van der Waals surface area contributed by atoms with Crippen molar-refractivity contribution in [3.05, 3.63) is 42.5 Å². The molecule has 2 radical (unpaired) electrons. The van der Waals surface area contributed by atoms with E-state index in [1.54, 1.807) is 6.33 Å². The molecule has 0 aliphatic heterocycles. The molecule has 0 aliphatic rings. The largest absolute Gasteiger partial charge is 0.369 e. The van der Waals surface area contributed by atoms with E-state index < -0.39 is 0 Å². The number of anilines is 1. The molecule has 2 rings (SSSR count). The maximum absolute atomic E-state index is 5.72. The minimum absolute atomic E-state index is 0.781. The van der Waals surface area contributed by atoms with Crippen LogP contribution in [0.3, 0.4) is 0 Å². The Kier molecular flexibility index (Phi) is 2.76. The standard InChI is InChI=1S/C11H12BN3/c1-15(7-10-6-13-8-14-10)11-4-2-3-9(12)5-11/h2-6,8H,7H2,1H3,(H,13,14). The number of aromatic nitrogens is 2. The smallest absolute Gasteiger partial charge is 0.113 e. The maximum Gasteiger partial charge on any atom is 0.113 e. The van der Waals surface area contributed by atoms with Gasteiger partial charge in [0.25, 0.3) is 0 Å². The highest BCUT2D eigenvalue weighted by atomic mass is 15.1. The van der Waals surface area contributed by atoms with Crippen molar-refractivity contribution in [3.63, 3.8) is 0 Å². The van der Waals surface area contributed by atoms with E-state index in [1.165, 1.54) is 0 Å². The van der Waals surface area contributed by atoms with Crippen LogP contribution >= 0.6 is 0 Å². The molecule has 3 nitrogen and oxygen atoms in total. The van der Waals surface area contributed by atoms with Crippen LogP contribution in [0.4, 0.5) is 5.69 Å². The van der Waals surface area contributed by atoms with E-state index in [-0.39, 0.29) is 0 Å². The van der Waals surface area contributed by atoms with Gasteiger partial charge in [0, 0.05) is 18.9 Å². The molecule has 4 heteroatoms. The normalized spacial score (nSPS) is 10.2. The van der Waals surface area contributed by atoms with E-state index in [0.717, 1.165) is 23.4 Å². The molecule has 0 saturated carbocycles. The number of nitrogens with zero attached hydrogens (tertiary/aromatic N) is 2. The second-order valence-corrected chi connectivity index (χ2v) is 3.53. The summed E-state index contributed by atoms with van der Waals surface area (Å²) in [6.07, 6.45) is 3.51. The number of imidazole rings is 1. The van der Waals surface area contributed by atoms with Crippen molar-refractivity contribution in [2.75, 3.05) is 11.9 Å². The molecule has 0 amide bonds.